The number of hydrogen-bond acceptors (Lipinski definition) is 3. The molecule has 1 heterocycles. The summed E-state index contributed by atoms with van der Waals surface area (Å²) in [5.74, 6) is 1.63. The fourth-order valence-corrected chi connectivity index (χ4v) is 4.73. The molecule has 7 heteroatoms. The first-order valence-electron chi connectivity index (χ1n) is 7.45. The van der Waals surface area contributed by atoms with Gasteiger partial charge in [0.1, 0.15) is 5.82 Å². The van der Waals surface area contributed by atoms with E-state index in [9.17, 15) is 8.42 Å². The quantitative estimate of drug-likeness (QED) is 0.842. The van der Waals surface area contributed by atoms with E-state index in [-0.39, 0.29) is 5.03 Å². The highest BCUT2D eigenvalue weighted by Gasteiger charge is 2.38. The average molecular weight is 334 g/mol. The number of aromatic nitrogens is 2. The molecule has 0 unspecified atom stereocenters. The SMILES string of the molecule is CCn1cc(S(=O)(=O)NC2(CCl)CCC(C)CC2)nc1C. The summed E-state index contributed by atoms with van der Waals surface area (Å²) in [5.41, 5.74) is -0.531. The average Bonchev–Trinajstić information content (AvgIpc) is 2.83. The molecule has 2 rings (SSSR count). The lowest BCUT2D eigenvalue weighted by molar-refractivity contribution is 0.247. The van der Waals surface area contributed by atoms with Gasteiger partial charge < -0.3 is 4.57 Å². The van der Waals surface area contributed by atoms with Crippen molar-refractivity contribution in [3.8, 4) is 0 Å². The van der Waals surface area contributed by atoms with Gasteiger partial charge in [0, 0.05) is 24.2 Å². The summed E-state index contributed by atoms with van der Waals surface area (Å²) in [4.78, 5) is 4.17. The number of imidazole rings is 1. The number of halogens is 1. The molecule has 1 aromatic rings. The van der Waals surface area contributed by atoms with Crippen LogP contribution < -0.4 is 4.72 Å². The van der Waals surface area contributed by atoms with Crippen molar-refractivity contribution < 1.29 is 8.42 Å². The lowest BCUT2D eigenvalue weighted by Gasteiger charge is -2.38. The molecule has 1 N–H and O–H groups in total. The van der Waals surface area contributed by atoms with E-state index in [0.717, 1.165) is 25.7 Å². The molecule has 1 aliphatic carbocycles. The highest BCUT2D eigenvalue weighted by Crippen LogP contribution is 2.34. The Kier molecular flexibility index (Phi) is 5.00. The standard InChI is InChI=1S/C14H24ClN3O2S/c1-4-18-9-13(16-12(18)3)21(19,20)17-14(10-15)7-5-11(2)6-8-14/h9,11,17H,4-8,10H2,1-3H3. The Balaban J connectivity index is 2.22. The van der Waals surface area contributed by atoms with E-state index < -0.39 is 15.6 Å². The molecule has 0 bridgehead atoms. The molecule has 120 valence electrons. The van der Waals surface area contributed by atoms with Crippen LogP contribution in [0, 0.1) is 12.8 Å². The topological polar surface area (TPSA) is 64.0 Å². The van der Waals surface area contributed by atoms with Crippen LogP contribution in [0.25, 0.3) is 0 Å². The molecule has 0 saturated heterocycles. The number of alkyl halides is 1. The van der Waals surface area contributed by atoms with Gasteiger partial charge in [0.15, 0.2) is 5.03 Å². The second-order valence-corrected chi connectivity index (χ2v) is 8.01. The summed E-state index contributed by atoms with van der Waals surface area (Å²) >= 11 is 6.09. The van der Waals surface area contributed by atoms with Gasteiger partial charge in [0.05, 0.1) is 0 Å². The van der Waals surface area contributed by atoms with Crippen molar-refractivity contribution in [2.45, 2.75) is 63.6 Å². The van der Waals surface area contributed by atoms with Crippen LogP contribution in [0.15, 0.2) is 11.2 Å². The van der Waals surface area contributed by atoms with Gasteiger partial charge in [-0.2, -0.15) is 0 Å². The maximum Gasteiger partial charge on any atom is 0.260 e. The van der Waals surface area contributed by atoms with Crippen molar-refractivity contribution in [2.24, 2.45) is 5.92 Å². The molecule has 0 radical (unpaired) electrons. The Morgan fingerprint density at radius 3 is 2.57 bits per heavy atom. The second kappa shape index (κ2) is 6.26. The van der Waals surface area contributed by atoms with Crippen LogP contribution in [0.4, 0.5) is 0 Å². The zero-order valence-corrected chi connectivity index (χ0v) is 14.5. The van der Waals surface area contributed by atoms with Crippen molar-refractivity contribution >= 4 is 21.6 Å². The molecule has 1 aromatic heterocycles. The number of nitrogens with zero attached hydrogens (tertiary/aromatic N) is 2. The summed E-state index contributed by atoms with van der Waals surface area (Å²) < 4.78 is 29.8. The van der Waals surface area contributed by atoms with E-state index in [4.69, 9.17) is 11.6 Å². The molecule has 0 spiro atoms. The lowest BCUT2D eigenvalue weighted by atomic mass is 9.79. The van der Waals surface area contributed by atoms with Gasteiger partial charge in [0.2, 0.25) is 0 Å². The summed E-state index contributed by atoms with van der Waals surface area (Å²) in [6.07, 6.45) is 5.15. The van der Waals surface area contributed by atoms with Crippen molar-refractivity contribution in [2.75, 3.05) is 5.88 Å². The number of aryl methyl sites for hydroxylation is 2. The maximum absolute atomic E-state index is 12.6. The van der Waals surface area contributed by atoms with E-state index in [1.165, 1.54) is 0 Å². The van der Waals surface area contributed by atoms with Gasteiger partial charge in [-0.1, -0.05) is 6.92 Å². The first kappa shape index (κ1) is 16.8. The number of hydrogen-bond donors (Lipinski definition) is 1. The maximum atomic E-state index is 12.6. The lowest BCUT2D eigenvalue weighted by Crippen LogP contribution is -2.52. The third-order valence-corrected chi connectivity index (χ3v) is 6.37. The van der Waals surface area contributed by atoms with E-state index >= 15 is 0 Å². The highest BCUT2D eigenvalue weighted by molar-refractivity contribution is 7.89. The van der Waals surface area contributed by atoms with Gasteiger partial charge in [-0.15, -0.1) is 11.6 Å². The summed E-state index contributed by atoms with van der Waals surface area (Å²) in [5, 5.41) is 0.0879. The fourth-order valence-electron chi connectivity index (χ4n) is 2.84. The molecule has 0 atom stereocenters. The van der Waals surface area contributed by atoms with Crippen LogP contribution in [0.5, 0.6) is 0 Å². The Morgan fingerprint density at radius 2 is 2.10 bits per heavy atom. The molecule has 1 aliphatic rings. The predicted octanol–water partition coefficient (Wildman–Crippen LogP) is 2.68. The molecule has 1 saturated carbocycles. The van der Waals surface area contributed by atoms with E-state index in [0.29, 0.717) is 24.2 Å². The van der Waals surface area contributed by atoms with Crippen molar-refractivity contribution in [3.05, 3.63) is 12.0 Å². The van der Waals surface area contributed by atoms with Crippen LogP contribution in [-0.2, 0) is 16.6 Å². The van der Waals surface area contributed by atoms with Crippen LogP contribution in [0.1, 0.15) is 45.4 Å². The molecular weight excluding hydrogens is 310 g/mol. The minimum Gasteiger partial charge on any atom is -0.334 e. The third-order valence-electron chi connectivity index (χ3n) is 4.41. The van der Waals surface area contributed by atoms with E-state index in [1.54, 1.807) is 6.20 Å². The monoisotopic (exact) mass is 333 g/mol. The molecular formula is C14H24ClN3O2S. The number of nitrogens with one attached hydrogen (secondary N) is 1. The first-order chi connectivity index (χ1) is 9.82. The van der Waals surface area contributed by atoms with Gasteiger partial charge in [0.25, 0.3) is 10.0 Å². The van der Waals surface area contributed by atoms with Gasteiger partial charge >= 0.3 is 0 Å². The molecule has 5 nitrogen and oxygen atoms in total. The summed E-state index contributed by atoms with van der Waals surface area (Å²) in [6.45, 7) is 6.66. The summed E-state index contributed by atoms with van der Waals surface area (Å²) in [6, 6.07) is 0. The van der Waals surface area contributed by atoms with E-state index in [2.05, 4.69) is 16.6 Å². The van der Waals surface area contributed by atoms with Gasteiger partial charge in [-0.3, -0.25) is 0 Å². The zero-order valence-electron chi connectivity index (χ0n) is 12.9. The smallest absolute Gasteiger partial charge is 0.260 e. The Hall–Kier alpha value is -0.590. The minimum absolute atomic E-state index is 0.0879. The molecule has 0 aliphatic heterocycles. The Labute approximate surface area is 132 Å². The normalized spacial score (nSPS) is 27.0. The van der Waals surface area contributed by atoms with E-state index in [1.807, 2.05) is 18.4 Å². The van der Waals surface area contributed by atoms with Crippen molar-refractivity contribution in [1.82, 2.24) is 14.3 Å². The predicted molar refractivity (Wildman–Crippen MR) is 84.0 cm³/mol. The summed E-state index contributed by atoms with van der Waals surface area (Å²) in [7, 11) is -3.63. The molecule has 21 heavy (non-hydrogen) atoms. The second-order valence-electron chi connectivity index (χ2n) is 6.11. The minimum atomic E-state index is -3.63. The number of sulfonamides is 1. The van der Waals surface area contributed by atoms with Crippen LogP contribution in [0.2, 0.25) is 0 Å². The fraction of sp³-hybridized carbons (Fsp3) is 0.786. The molecule has 0 amide bonds. The number of rotatable bonds is 5. The molecule has 1 fully saturated rings. The highest BCUT2D eigenvalue weighted by atomic mass is 35.5. The van der Waals surface area contributed by atoms with Crippen molar-refractivity contribution in [3.63, 3.8) is 0 Å². The van der Waals surface area contributed by atoms with Crippen molar-refractivity contribution in [1.29, 1.82) is 0 Å². The third kappa shape index (κ3) is 3.60. The zero-order chi connectivity index (χ0) is 15.7. The molecule has 0 aromatic carbocycles. The largest absolute Gasteiger partial charge is 0.334 e. The first-order valence-corrected chi connectivity index (χ1v) is 9.47. The van der Waals surface area contributed by atoms with Crippen LogP contribution in [0.3, 0.4) is 0 Å². The van der Waals surface area contributed by atoms with Crippen LogP contribution >= 0.6 is 11.6 Å². The van der Waals surface area contributed by atoms with Gasteiger partial charge in [-0.25, -0.2) is 18.1 Å². The Morgan fingerprint density at radius 1 is 1.48 bits per heavy atom. The van der Waals surface area contributed by atoms with Gasteiger partial charge in [-0.05, 0) is 45.4 Å². The van der Waals surface area contributed by atoms with Crippen LogP contribution in [-0.4, -0.2) is 29.4 Å². The Bertz CT molecular complexity index is 589.